The first kappa shape index (κ1) is 17.2. The molecule has 1 amide bonds. The van der Waals surface area contributed by atoms with E-state index in [9.17, 15) is 9.59 Å². The Morgan fingerprint density at radius 3 is 2.29 bits per heavy atom. The van der Waals surface area contributed by atoms with Crippen molar-refractivity contribution in [1.29, 1.82) is 0 Å². The summed E-state index contributed by atoms with van der Waals surface area (Å²) in [7, 11) is 0. The molecule has 4 nitrogen and oxygen atoms in total. The lowest BCUT2D eigenvalue weighted by atomic mass is 10.1. The van der Waals surface area contributed by atoms with Crippen LogP contribution in [0, 0.1) is 5.92 Å². The van der Waals surface area contributed by atoms with Gasteiger partial charge in [0.2, 0.25) is 0 Å². The maximum absolute atomic E-state index is 11.7. The van der Waals surface area contributed by atoms with Crippen molar-refractivity contribution in [2.24, 2.45) is 5.92 Å². The minimum atomic E-state index is -0.114. The van der Waals surface area contributed by atoms with Crippen LogP contribution in [-0.4, -0.2) is 24.3 Å². The summed E-state index contributed by atoms with van der Waals surface area (Å²) in [5.41, 5.74) is 1.09. The second-order valence-electron chi connectivity index (χ2n) is 5.73. The average molecular weight is 291 g/mol. The molecule has 0 heterocycles. The number of hydrogen-bond donors (Lipinski definition) is 1. The third-order valence-corrected chi connectivity index (χ3v) is 3.45. The molecular weight excluding hydrogens is 266 g/mol. The molecule has 1 aromatic carbocycles. The molecule has 0 bridgehead atoms. The first-order valence-corrected chi connectivity index (χ1v) is 7.39. The van der Waals surface area contributed by atoms with E-state index in [-0.39, 0.29) is 24.3 Å². The molecule has 21 heavy (non-hydrogen) atoms. The zero-order chi connectivity index (χ0) is 15.8. The third kappa shape index (κ3) is 6.93. The number of aryl methyl sites for hydroxylation is 1. The van der Waals surface area contributed by atoms with Gasteiger partial charge in [-0.2, -0.15) is 0 Å². The van der Waals surface area contributed by atoms with Gasteiger partial charge in [0.15, 0.2) is 6.61 Å². The second kappa shape index (κ2) is 8.45. The molecule has 1 aromatic rings. The van der Waals surface area contributed by atoms with Gasteiger partial charge in [-0.05, 0) is 43.9 Å². The Morgan fingerprint density at radius 2 is 1.76 bits per heavy atom. The molecule has 1 unspecified atom stereocenters. The fraction of sp³-hybridized carbons (Fsp3) is 0.529. The Bertz CT molecular complexity index is 465. The van der Waals surface area contributed by atoms with E-state index >= 15 is 0 Å². The molecule has 4 heteroatoms. The van der Waals surface area contributed by atoms with Gasteiger partial charge in [0.25, 0.3) is 5.91 Å². The van der Waals surface area contributed by atoms with E-state index in [1.165, 1.54) is 0 Å². The van der Waals surface area contributed by atoms with Gasteiger partial charge in [0, 0.05) is 12.5 Å². The predicted octanol–water partition coefficient (Wildman–Crippen LogP) is 2.75. The highest BCUT2D eigenvalue weighted by Crippen LogP contribution is 2.13. The number of ether oxygens (including phenoxy) is 1. The zero-order valence-electron chi connectivity index (χ0n) is 13.3. The molecule has 0 aliphatic rings. The lowest BCUT2D eigenvalue weighted by Crippen LogP contribution is -2.38. The number of amides is 1. The molecule has 0 aliphatic heterocycles. The molecule has 0 aromatic heterocycles. The number of ketones is 1. The van der Waals surface area contributed by atoms with Crippen LogP contribution in [0.4, 0.5) is 0 Å². The van der Waals surface area contributed by atoms with Crippen molar-refractivity contribution in [2.45, 2.75) is 46.6 Å². The van der Waals surface area contributed by atoms with Crippen LogP contribution in [0.3, 0.4) is 0 Å². The molecule has 0 fully saturated rings. The Labute approximate surface area is 126 Å². The van der Waals surface area contributed by atoms with Crippen molar-refractivity contribution in [3.63, 3.8) is 0 Å². The molecule has 1 atom stereocenters. The highest BCUT2D eigenvalue weighted by molar-refractivity contribution is 5.77. The van der Waals surface area contributed by atoms with E-state index in [0.717, 1.165) is 12.0 Å². The van der Waals surface area contributed by atoms with Gasteiger partial charge in [-0.25, -0.2) is 0 Å². The molecule has 116 valence electrons. The van der Waals surface area contributed by atoms with Crippen LogP contribution in [0.2, 0.25) is 0 Å². The van der Waals surface area contributed by atoms with Crippen molar-refractivity contribution >= 4 is 11.7 Å². The molecule has 0 spiro atoms. The summed E-state index contributed by atoms with van der Waals surface area (Å²) in [6.45, 7) is 7.71. The first-order valence-electron chi connectivity index (χ1n) is 7.39. The number of nitrogens with one attached hydrogen (secondary N) is 1. The van der Waals surface area contributed by atoms with Crippen LogP contribution >= 0.6 is 0 Å². The number of hydrogen-bond acceptors (Lipinski definition) is 3. The maximum atomic E-state index is 11.7. The quantitative estimate of drug-likeness (QED) is 0.801. The van der Waals surface area contributed by atoms with Gasteiger partial charge in [-0.1, -0.05) is 26.0 Å². The van der Waals surface area contributed by atoms with E-state index in [1.54, 1.807) is 6.92 Å². The first-order chi connectivity index (χ1) is 9.88. The van der Waals surface area contributed by atoms with E-state index < -0.39 is 0 Å². The Balaban J connectivity index is 2.38. The average Bonchev–Trinajstić information content (AvgIpc) is 2.43. The van der Waals surface area contributed by atoms with Gasteiger partial charge in [-0.3, -0.25) is 4.79 Å². The predicted molar refractivity (Wildman–Crippen MR) is 83.4 cm³/mol. The largest absolute Gasteiger partial charge is 0.484 e. The molecule has 0 saturated heterocycles. The summed E-state index contributed by atoms with van der Waals surface area (Å²) >= 11 is 0. The molecule has 1 rings (SSSR count). The summed E-state index contributed by atoms with van der Waals surface area (Å²) < 4.78 is 5.45. The third-order valence-electron chi connectivity index (χ3n) is 3.45. The summed E-state index contributed by atoms with van der Waals surface area (Å²) in [5.74, 6) is 1.13. The number of carbonyl (C=O) groups is 2. The van der Waals surface area contributed by atoms with Gasteiger partial charge >= 0.3 is 0 Å². The van der Waals surface area contributed by atoms with Gasteiger partial charge in [-0.15, -0.1) is 0 Å². The lowest BCUT2D eigenvalue weighted by Gasteiger charge is -2.17. The summed E-state index contributed by atoms with van der Waals surface area (Å²) in [4.78, 5) is 22.6. The monoisotopic (exact) mass is 291 g/mol. The summed E-state index contributed by atoms with van der Waals surface area (Å²) in [5, 5.41) is 2.89. The Morgan fingerprint density at radius 1 is 1.14 bits per heavy atom. The van der Waals surface area contributed by atoms with E-state index in [4.69, 9.17) is 4.74 Å². The van der Waals surface area contributed by atoms with Crippen molar-refractivity contribution in [2.75, 3.05) is 6.61 Å². The zero-order valence-corrected chi connectivity index (χ0v) is 13.3. The van der Waals surface area contributed by atoms with Crippen molar-refractivity contribution in [3.05, 3.63) is 29.8 Å². The highest BCUT2D eigenvalue weighted by atomic mass is 16.5. The number of rotatable bonds is 8. The number of benzene rings is 1. The van der Waals surface area contributed by atoms with Crippen LogP contribution in [0.1, 0.15) is 39.7 Å². The lowest BCUT2D eigenvalue weighted by molar-refractivity contribution is -0.124. The van der Waals surface area contributed by atoms with Gasteiger partial charge in [0.1, 0.15) is 11.5 Å². The number of Topliss-reactive ketones (excluding diaryl/α,β-unsaturated/α-hetero) is 1. The Hall–Kier alpha value is -1.84. The maximum Gasteiger partial charge on any atom is 0.258 e. The van der Waals surface area contributed by atoms with Crippen molar-refractivity contribution in [3.8, 4) is 5.75 Å². The Kier molecular flexibility index (Phi) is 6.92. The fourth-order valence-corrected chi connectivity index (χ4v) is 1.68. The summed E-state index contributed by atoms with van der Waals surface area (Å²) in [6.07, 6.45) is 1.29. The van der Waals surface area contributed by atoms with E-state index in [1.807, 2.05) is 31.2 Å². The standard InChI is InChI=1S/C17H25NO3/c1-12(2)14(4)18-17(20)11-21-16-9-7-15(8-10-16)6-5-13(3)19/h7-10,12,14H,5-6,11H2,1-4H3,(H,18,20). The van der Waals surface area contributed by atoms with E-state index in [2.05, 4.69) is 19.2 Å². The van der Waals surface area contributed by atoms with Gasteiger partial charge in [0.05, 0.1) is 0 Å². The van der Waals surface area contributed by atoms with Crippen LogP contribution in [-0.2, 0) is 16.0 Å². The second-order valence-corrected chi connectivity index (χ2v) is 5.73. The van der Waals surface area contributed by atoms with Crippen LogP contribution in [0.15, 0.2) is 24.3 Å². The van der Waals surface area contributed by atoms with Crippen LogP contribution in [0.25, 0.3) is 0 Å². The van der Waals surface area contributed by atoms with Crippen molar-refractivity contribution < 1.29 is 14.3 Å². The molecule has 0 aliphatic carbocycles. The minimum absolute atomic E-state index is 0.0177. The molecule has 0 saturated carbocycles. The van der Waals surface area contributed by atoms with Crippen LogP contribution in [0.5, 0.6) is 5.75 Å². The minimum Gasteiger partial charge on any atom is -0.484 e. The van der Waals surface area contributed by atoms with Crippen molar-refractivity contribution in [1.82, 2.24) is 5.32 Å². The molecule has 0 radical (unpaired) electrons. The van der Waals surface area contributed by atoms with Gasteiger partial charge < -0.3 is 14.8 Å². The fourth-order valence-electron chi connectivity index (χ4n) is 1.68. The SMILES string of the molecule is CC(=O)CCc1ccc(OCC(=O)NC(C)C(C)C)cc1. The molecular formula is C17H25NO3. The van der Waals surface area contributed by atoms with E-state index in [0.29, 0.717) is 18.1 Å². The van der Waals surface area contributed by atoms with Crippen LogP contribution < -0.4 is 10.1 Å². The topological polar surface area (TPSA) is 55.4 Å². The normalized spacial score (nSPS) is 12.0. The molecule has 1 N–H and O–H groups in total. The smallest absolute Gasteiger partial charge is 0.258 e. The summed E-state index contributed by atoms with van der Waals surface area (Å²) in [6, 6.07) is 7.64. The number of carbonyl (C=O) groups excluding carboxylic acids is 2. The highest BCUT2D eigenvalue weighted by Gasteiger charge is 2.11.